The molecule has 1 saturated heterocycles. The third-order valence-electron chi connectivity index (χ3n) is 2.80. The van der Waals surface area contributed by atoms with Crippen LogP contribution < -0.4 is 5.32 Å². The van der Waals surface area contributed by atoms with Gasteiger partial charge in [-0.2, -0.15) is 0 Å². The summed E-state index contributed by atoms with van der Waals surface area (Å²) in [7, 11) is 1.53. The van der Waals surface area contributed by atoms with Crippen LogP contribution in [0.4, 0.5) is 4.79 Å². The van der Waals surface area contributed by atoms with Gasteiger partial charge in [0, 0.05) is 26.6 Å². The maximum absolute atomic E-state index is 11.6. The second-order valence-electron chi connectivity index (χ2n) is 4.27. The van der Waals surface area contributed by atoms with Crippen molar-refractivity contribution in [3.63, 3.8) is 0 Å². The molecule has 19 heavy (non-hydrogen) atoms. The van der Waals surface area contributed by atoms with Crippen LogP contribution in [-0.4, -0.2) is 65.4 Å². The Morgan fingerprint density at radius 1 is 1.37 bits per heavy atom. The molecule has 0 radical (unpaired) electrons. The van der Waals surface area contributed by atoms with Gasteiger partial charge in [-0.05, 0) is 6.42 Å². The predicted molar refractivity (Wildman–Crippen MR) is 64.2 cm³/mol. The van der Waals surface area contributed by atoms with Crippen molar-refractivity contribution >= 4 is 23.8 Å². The summed E-state index contributed by atoms with van der Waals surface area (Å²) in [5.74, 6) is -1.45. The fourth-order valence-corrected chi connectivity index (χ4v) is 1.65. The van der Waals surface area contributed by atoms with Crippen LogP contribution in [0, 0.1) is 0 Å². The summed E-state index contributed by atoms with van der Waals surface area (Å²) in [4.78, 5) is 46.8. The summed E-state index contributed by atoms with van der Waals surface area (Å²) in [5.41, 5.74) is 0. The van der Waals surface area contributed by atoms with E-state index in [0.29, 0.717) is 6.42 Å². The smallest absolute Gasteiger partial charge is 0.324 e. The molecule has 0 atom stereocenters. The van der Waals surface area contributed by atoms with E-state index in [1.165, 1.54) is 11.9 Å². The zero-order chi connectivity index (χ0) is 14.4. The number of hydrogen-bond donors (Lipinski definition) is 2. The molecule has 0 saturated carbocycles. The average Bonchev–Trinajstić information content (AvgIpc) is 2.67. The number of carbonyl (C=O) groups excluding carboxylic acids is 3. The van der Waals surface area contributed by atoms with Crippen LogP contribution in [0.3, 0.4) is 0 Å². The minimum absolute atomic E-state index is 0.00525. The maximum Gasteiger partial charge on any atom is 0.324 e. The van der Waals surface area contributed by atoms with Gasteiger partial charge in [-0.3, -0.25) is 19.3 Å². The molecule has 1 aliphatic heterocycles. The number of urea groups is 1. The molecule has 0 aromatic carbocycles. The largest absolute Gasteiger partial charge is 0.481 e. The first-order valence-corrected chi connectivity index (χ1v) is 5.95. The lowest BCUT2D eigenvalue weighted by Crippen LogP contribution is -2.33. The molecular formula is C11H17N3O5. The quantitative estimate of drug-likeness (QED) is 0.592. The summed E-state index contributed by atoms with van der Waals surface area (Å²) < 4.78 is 0. The highest BCUT2D eigenvalue weighted by atomic mass is 16.4. The Hall–Kier alpha value is -2.12. The molecule has 0 unspecified atom stereocenters. The minimum atomic E-state index is -0.959. The maximum atomic E-state index is 11.6. The van der Waals surface area contributed by atoms with Crippen molar-refractivity contribution in [3.8, 4) is 0 Å². The SMILES string of the molecule is CN(CCC(=O)O)C(=O)CCCN1C(=O)CNC1=O. The molecular weight excluding hydrogens is 254 g/mol. The second-order valence-corrected chi connectivity index (χ2v) is 4.27. The number of carbonyl (C=O) groups is 4. The van der Waals surface area contributed by atoms with Crippen LogP contribution in [0.2, 0.25) is 0 Å². The first-order chi connectivity index (χ1) is 8.91. The van der Waals surface area contributed by atoms with Gasteiger partial charge in [-0.25, -0.2) is 4.79 Å². The van der Waals surface area contributed by atoms with Gasteiger partial charge < -0.3 is 15.3 Å². The van der Waals surface area contributed by atoms with Crippen LogP contribution in [0.5, 0.6) is 0 Å². The Balaban J connectivity index is 2.24. The number of rotatable bonds is 7. The number of nitrogens with one attached hydrogen (secondary N) is 1. The lowest BCUT2D eigenvalue weighted by molar-refractivity contribution is -0.138. The van der Waals surface area contributed by atoms with Gasteiger partial charge in [0.2, 0.25) is 11.8 Å². The molecule has 1 rings (SSSR count). The van der Waals surface area contributed by atoms with Crippen LogP contribution in [0.1, 0.15) is 19.3 Å². The van der Waals surface area contributed by atoms with Gasteiger partial charge in [0.1, 0.15) is 0 Å². The van der Waals surface area contributed by atoms with Gasteiger partial charge in [0.05, 0.1) is 13.0 Å². The minimum Gasteiger partial charge on any atom is -0.481 e. The summed E-state index contributed by atoms with van der Waals surface area (Å²) in [6.45, 7) is 0.353. The Morgan fingerprint density at radius 2 is 2.05 bits per heavy atom. The van der Waals surface area contributed by atoms with Crippen molar-refractivity contribution in [3.05, 3.63) is 0 Å². The molecule has 0 aromatic heterocycles. The zero-order valence-corrected chi connectivity index (χ0v) is 10.7. The first kappa shape index (κ1) is 14.9. The number of aliphatic carboxylic acids is 1. The molecule has 2 N–H and O–H groups in total. The van der Waals surface area contributed by atoms with Crippen molar-refractivity contribution in [2.24, 2.45) is 0 Å². The molecule has 106 valence electrons. The zero-order valence-electron chi connectivity index (χ0n) is 10.7. The standard InChI is InChI=1S/C11H17N3O5/c1-13(6-4-10(17)18)8(15)3-2-5-14-9(16)7-12-11(14)19/h2-7H2,1H3,(H,12,19)(H,17,18). The monoisotopic (exact) mass is 271 g/mol. The molecule has 0 bridgehead atoms. The van der Waals surface area contributed by atoms with Crippen LogP contribution in [-0.2, 0) is 14.4 Å². The van der Waals surface area contributed by atoms with E-state index in [4.69, 9.17) is 5.11 Å². The number of amides is 4. The van der Waals surface area contributed by atoms with Crippen LogP contribution >= 0.6 is 0 Å². The Labute approximate surface area is 110 Å². The summed E-state index contributed by atoms with van der Waals surface area (Å²) in [5, 5.41) is 10.9. The topological polar surface area (TPSA) is 107 Å². The Kier molecular flexibility index (Phi) is 5.28. The first-order valence-electron chi connectivity index (χ1n) is 5.95. The van der Waals surface area contributed by atoms with Gasteiger partial charge in [0.15, 0.2) is 0 Å². The lowest BCUT2D eigenvalue weighted by atomic mass is 10.2. The molecule has 0 aliphatic carbocycles. The van der Waals surface area contributed by atoms with E-state index < -0.39 is 12.0 Å². The molecule has 0 aromatic rings. The van der Waals surface area contributed by atoms with E-state index in [-0.39, 0.29) is 44.3 Å². The second kappa shape index (κ2) is 6.72. The van der Waals surface area contributed by atoms with E-state index in [0.717, 1.165) is 4.90 Å². The van der Waals surface area contributed by atoms with Crippen LogP contribution in [0.15, 0.2) is 0 Å². The highest BCUT2D eigenvalue weighted by molar-refractivity contribution is 6.01. The molecule has 1 aliphatic rings. The summed E-state index contributed by atoms with van der Waals surface area (Å²) in [6.07, 6.45) is 0.442. The number of hydrogen-bond acceptors (Lipinski definition) is 4. The summed E-state index contributed by atoms with van der Waals surface area (Å²) >= 11 is 0. The van der Waals surface area contributed by atoms with Gasteiger partial charge in [0.25, 0.3) is 0 Å². The van der Waals surface area contributed by atoms with Gasteiger partial charge in [-0.1, -0.05) is 0 Å². The molecule has 1 fully saturated rings. The van der Waals surface area contributed by atoms with E-state index in [1.807, 2.05) is 0 Å². The third kappa shape index (κ3) is 4.57. The normalized spacial score (nSPS) is 14.5. The predicted octanol–water partition coefficient (Wildman–Crippen LogP) is -0.748. The van der Waals surface area contributed by atoms with Crippen molar-refractivity contribution in [2.45, 2.75) is 19.3 Å². The Morgan fingerprint density at radius 3 is 2.58 bits per heavy atom. The highest BCUT2D eigenvalue weighted by Gasteiger charge is 2.27. The van der Waals surface area contributed by atoms with Crippen molar-refractivity contribution in [1.29, 1.82) is 0 Å². The number of imide groups is 1. The van der Waals surface area contributed by atoms with Gasteiger partial charge in [-0.15, -0.1) is 0 Å². The number of nitrogens with zero attached hydrogens (tertiary/aromatic N) is 2. The molecule has 1 heterocycles. The highest BCUT2D eigenvalue weighted by Crippen LogP contribution is 2.04. The summed E-state index contributed by atoms with van der Waals surface area (Å²) in [6, 6.07) is -0.434. The fraction of sp³-hybridized carbons (Fsp3) is 0.636. The Bertz CT molecular complexity index is 380. The van der Waals surface area contributed by atoms with E-state index in [9.17, 15) is 19.2 Å². The van der Waals surface area contributed by atoms with E-state index >= 15 is 0 Å². The molecule has 0 spiro atoms. The number of carboxylic acid groups (broad SMARTS) is 1. The van der Waals surface area contributed by atoms with E-state index in [2.05, 4.69) is 5.32 Å². The number of carboxylic acids is 1. The third-order valence-corrected chi connectivity index (χ3v) is 2.80. The molecule has 4 amide bonds. The van der Waals surface area contributed by atoms with Crippen molar-refractivity contribution < 1.29 is 24.3 Å². The molecule has 8 heteroatoms. The average molecular weight is 271 g/mol. The lowest BCUT2D eigenvalue weighted by Gasteiger charge is -2.17. The van der Waals surface area contributed by atoms with Gasteiger partial charge >= 0.3 is 12.0 Å². The van der Waals surface area contributed by atoms with Crippen LogP contribution in [0.25, 0.3) is 0 Å². The van der Waals surface area contributed by atoms with Crippen molar-refractivity contribution in [1.82, 2.24) is 15.1 Å². The molecule has 8 nitrogen and oxygen atoms in total. The fourth-order valence-electron chi connectivity index (χ4n) is 1.65. The van der Waals surface area contributed by atoms with E-state index in [1.54, 1.807) is 0 Å². The van der Waals surface area contributed by atoms with Crippen molar-refractivity contribution in [2.75, 3.05) is 26.7 Å².